The molecule has 0 atom stereocenters. The highest BCUT2D eigenvalue weighted by atomic mass is 16.2. The summed E-state index contributed by atoms with van der Waals surface area (Å²) >= 11 is 0. The first kappa shape index (κ1) is 16.4. The molecule has 1 aliphatic heterocycles. The quantitative estimate of drug-likeness (QED) is 0.800. The first-order chi connectivity index (χ1) is 9.02. The van der Waals surface area contributed by atoms with Gasteiger partial charge in [0.15, 0.2) is 0 Å². The Labute approximate surface area is 118 Å². The van der Waals surface area contributed by atoms with Gasteiger partial charge in [-0.2, -0.15) is 0 Å². The highest BCUT2D eigenvalue weighted by Gasteiger charge is 2.36. The van der Waals surface area contributed by atoms with Gasteiger partial charge in [-0.1, -0.05) is 27.7 Å². The lowest BCUT2D eigenvalue weighted by molar-refractivity contribution is -0.139. The van der Waals surface area contributed by atoms with E-state index in [1.165, 1.54) is 0 Å². The molecular weight excluding hydrogens is 238 g/mol. The van der Waals surface area contributed by atoms with Crippen LogP contribution in [0.5, 0.6) is 0 Å². The molecule has 112 valence electrons. The molecule has 1 aliphatic rings. The van der Waals surface area contributed by atoms with Crippen molar-refractivity contribution in [1.29, 1.82) is 0 Å². The number of carbonyl (C=O) groups is 1. The average molecular weight is 269 g/mol. The molecule has 1 heterocycles. The zero-order valence-electron chi connectivity index (χ0n) is 13.1. The van der Waals surface area contributed by atoms with Crippen molar-refractivity contribution in [2.24, 2.45) is 5.73 Å². The Kier molecular flexibility index (Phi) is 6.27. The van der Waals surface area contributed by atoms with Crippen molar-refractivity contribution in [3.8, 4) is 0 Å². The highest BCUT2D eigenvalue weighted by molar-refractivity contribution is 5.86. The third kappa shape index (κ3) is 3.69. The van der Waals surface area contributed by atoms with Gasteiger partial charge in [0.25, 0.3) is 0 Å². The fourth-order valence-corrected chi connectivity index (χ4v) is 3.04. The van der Waals surface area contributed by atoms with Crippen molar-refractivity contribution in [2.45, 2.75) is 65.0 Å². The fourth-order valence-electron chi connectivity index (χ4n) is 3.04. The molecule has 0 aliphatic carbocycles. The van der Waals surface area contributed by atoms with E-state index in [4.69, 9.17) is 5.73 Å². The topological polar surface area (TPSA) is 49.6 Å². The largest absolute Gasteiger partial charge is 0.341 e. The Hall–Kier alpha value is -0.610. The zero-order chi connectivity index (χ0) is 14.5. The predicted molar refractivity (Wildman–Crippen MR) is 80.0 cm³/mol. The van der Waals surface area contributed by atoms with Gasteiger partial charge in [-0.3, -0.25) is 4.79 Å². The lowest BCUT2D eigenvalue weighted by atomic mass is 9.91. The molecule has 1 rings (SSSR count). The van der Waals surface area contributed by atoms with Gasteiger partial charge in [0.2, 0.25) is 5.91 Å². The van der Waals surface area contributed by atoms with Crippen LogP contribution >= 0.6 is 0 Å². The molecule has 19 heavy (non-hydrogen) atoms. The van der Waals surface area contributed by atoms with Crippen LogP contribution in [0.4, 0.5) is 0 Å². The number of nitrogens with two attached hydrogens (primary N) is 1. The van der Waals surface area contributed by atoms with E-state index < -0.39 is 5.54 Å². The molecular formula is C15H31N3O. The van der Waals surface area contributed by atoms with Gasteiger partial charge in [-0.05, 0) is 38.8 Å². The molecule has 1 fully saturated rings. The van der Waals surface area contributed by atoms with E-state index in [2.05, 4.69) is 18.7 Å². The van der Waals surface area contributed by atoms with Crippen molar-refractivity contribution >= 4 is 5.91 Å². The van der Waals surface area contributed by atoms with Crippen molar-refractivity contribution in [2.75, 3.05) is 26.2 Å². The Balaban J connectivity index is 2.56. The van der Waals surface area contributed by atoms with E-state index in [-0.39, 0.29) is 5.91 Å². The second-order valence-corrected chi connectivity index (χ2v) is 5.61. The van der Waals surface area contributed by atoms with E-state index in [0.29, 0.717) is 6.04 Å². The molecule has 2 N–H and O–H groups in total. The number of hydrogen-bond acceptors (Lipinski definition) is 3. The molecule has 0 spiro atoms. The maximum atomic E-state index is 12.5. The molecule has 0 unspecified atom stereocenters. The molecule has 0 radical (unpaired) electrons. The van der Waals surface area contributed by atoms with Crippen LogP contribution in [0.25, 0.3) is 0 Å². The maximum Gasteiger partial charge on any atom is 0.242 e. The molecule has 4 nitrogen and oxygen atoms in total. The van der Waals surface area contributed by atoms with Crippen molar-refractivity contribution in [3.63, 3.8) is 0 Å². The van der Waals surface area contributed by atoms with Crippen LogP contribution in [0.2, 0.25) is 0 Å². The molecule has 0 aromatic heterocycles. The van der Waals surface area contributed by atoms with Crippen LogP contribution in [0.3, 0.4) is 0 Å². The number of hydrogen-bond donors (Lipinski definition) is 1. The highest BCUT2D eigenvalue weighted by Crippen LogP contribution is 2.21. The van der Waals surface area contributed by atoms with E-state index in [0.717, 1.165) is 51.9 Å². The van der Waals surface area contributed by atoms with Gasteiger partial charge < -0.3 is 15.5 Å². The molecule has 1 amide bonds. The first-order valence-corrected chi connectivity index (χ1v) is 7.84. The standard InChI is InChI=1S/C15H31N3O/c1-5-15(16,6-2)14(19)18-11-9-13(10-12-18)17(7-3)8-4/h13H,5-12,16H2,1-4H3. The summed E-state index contributed by atoms with van der Waals surface area (Å²) in [5, 5.41) is 0. The van der Waals surface area contributed by atoms with Crippen molar-refractivity contribution in [1.82, 2.24) is 9.80 Å². The Morgan fingerprint density at radius 1 is 1.16 bits per heavy atom. The van der Waals surface area contributed by atoms with Crippen LogP contribution in [-0.2, 0) is 4.79 Å². The van der Waals surface area contributed by atoms with Gasteiger partial charge in [0.05, 0.1) is 5.54 Å². The van der Waals surface area contributed by atoms with Gasteiger partial charge in [-0.25, -0.2) is 0 Å². The molecule has 0 aromatic carbocycles. The number of nitrogens with zero attached hydrogens (tertiary/aromatic N) is 2. The van der Waals surface area contributed by atoms with Crippen LogP contribution in [0, 0.1) is 0 Å². The summed E-state index contributed by atoms with van der Waals surface area (Å²) < 4.78 is 0. The minimum atomic E-state index is -0.651. The number of likely N-dealkylation sites (tertiary alicyclic amines) is 1. The third-order valence-corrected chi connectivity index (χ3v) is 4.77. The van der Waals surface area contributed by atoms with Crippen LogP contribution in [-0.4, -0.2) is 53.5 Å². The van der Waals surface area contributed by atoms with Crippen molar-refractivity contribution < 1.29 is 4.79 Å². The molecule has 0 saturated carbocycles. The van der Waals surface area contributed by atoms with Crippen LogP contribution in [0.1, 0.15) is 53.4 Å². The Bertz CT molecular complexity index is 277. The summed E-state index contributed by atoms with van der Waals surface area (Å²) in [5.74, 6) is 0.149. The van der Waals surface area contributed by atoms with E-state index in [1.807, 2.05) is 18.7 Å². The summed E-state index contributed by atoms with van der Waals surface area (Å²) in [7, 11) is 0. The van der Waals surface area contributed by atoms with Gasteiger partial charge in [0, 0.05) is 19.1 Å². The lowest BCUT2D eigenvalue weighted by Gasteiger charge is -2.40. The SMILES string of the molecule is CCN(CC)C1CCN(C(=O)C(N)(CC)CC)CC1. The second kappa shape index (κ2) is 7.25. The van der Waals surface area contributed by atoms with Gasteiger partial charge in [0.1, 0.15) is 0 Å². The second-order valence-electron chi connectivity index (χ2n) is 5.61. The summed E-state index contributed by atoms with van der Waals surface area (Å²) in [4.78, 5) is 17.0. The van der Waals surface area contributed by atoms with Gasteiger partial charge >= 0.3 is 0 Å². The normalized spacial score (nSPS) is 18.1. The summed E-state index contributed by atoms with van der Waals surface area (Å²) in [5.41, 5.74) is 5.57. The Morgan fingerprint density at radius 3 is 2.00 bits per heavy atom. The predicted octanol–water partition coefficient (Wildman–Crippen LogP) is 1.84. The monoisotopic (exact) mass is 269 g/mol. The van der Waals surface area contributed by atoms with Crippen LogP contribution in [0.15, 0.2) is 0 Å². The van der Waals surface area contributed by atoms with E-state index in [1.54, 1.807) is 0 Å². The maximum absolute atomic E-state index is 12.5. The molecule has 4 heteroatoms. The van der Waals surface area contributed by atoms with E-state index >= 15 is 0 Å². The summed E-state index contributed by atoms with van der Waals surface area (Å²) in [6.07, 6.45) is 3.60. The van der Waals surface area contributed by atoms with Gasteiger partial charge in [-0.15, -0.1) is 0 Å². The number of piperidine rings is 1. The van der Waals surface area contributed by atoms with Crippen LogP contribution < -0.4 is 5.73 Å². The lowest BCUT2D eigenvalue weighted by Crippen LogP contribution is -2.57. The number of amides is 1. The Morgan fingerprint density at radius 2 is 1.63 bits per heavy atom. The average Bonchev–Trinajstić information content (AvgIpc) is 2.47. The number of carbonyl (C=O) groups excluding carboxylic acids is 1. The zero-order valence-corrected chi connectivity index (χ0v) is 13.1. The fraction of sp³-hybridized carbons (Fsp3) is 0.933. The third-order valence-electron chi connectivity index (χ3n) is 4.77. The summed E-state index contributed by atoms with van der Waals surface area (Å²) in [6.45, 7) is 12.3. The summed E-state index contributed by atoms with van der Waals surface area (Å²) in [6, 6.07) is 0.634. The molecule has 0 aromatic rings. The smallest absolute Gasteiger partial charge is 0.242 e. The van der Waals surface area contributed by atoms with E-state index in [9.17, 15) is 4.79 Å². The minimum Gasteiger partial charge on any atom is -0.341 e. The molecule has 1 saturated heterocycles. The first-order valence-electron chi connectivity index (χ1n) is 7.84. The molecule has 0 bridgehead atoms. The van der Waals surface area contributed by atoms with Crippen molar-refractivity contribution in [3.05, 3.63) is 0 Å². The minimum absolute atomic E-state index is 0.149. The number of rotatable bonds is 6.